The van der Waals surface area contributed by atoms with Gasteiger partial charge in [0.05, 0.1) is 13.7 Å². The van der Waals surface area contributed by atoms with Gasteiger partial charge in [-0.3, -0.25) is 0 Å². The van der Waals surface area contributed by atoms with E-state index >= 15 is 0 Å². The number of rotatable bonds is 6. The lowest BCUT2D eigenvalue weighted by Gasteiger charge is -2.36. The van der Waals surface area contributed by atoms with Crippen LogP contribution in [0.2, 0.25) is 18.1 Å². The fourth-order valence-electron chi connectivity index (χ4n) is 2.35. The summed E-state index contributed by atoms with van der Waals surface area (Å²) in [6.45, 7) is 11.7. The van der Waals surface area contributed by atoms with Crippen molar-refractivity contribution in [2.24, 2.45) is 0 Å². The Morgan fingerprint density at radius 3 is 2.20 bits per heavy atom. The predicted octanol–water partition coefficient (Wildman–Crippen LogP) is 5.30. The van der Waals surface area contributed by atoms with Crippen molar-refractivity contribution >= 4 is 8.32 Å². The molecular weight excluding hydrogens is 328 g/mol. The van der Waals surface area contributed by atoms with Crippen molar-refractivity contribution in [3.05, 3.63) is 65.2 Å². The highest BCUT2D eigenvalue weighted by Gasteiger charge is 2.37. The first kappa shape index (κ1) is 19.7. The first-order valence-electron chi connectivity index (χ1n) is 8.69. The van der Waals surface area contributed by atoms with E-state index in [0.717, 1.165) is 22.4 Å². The molecule has 0 saturated heterocycles. The molecule has 0 heterocycles. The zero-order chi connectivity index (χ0) is 18.7. The molecule has 2 aromatic carbocycles. The van der Waals surface area contributed by atoms with Crippen LogP contribution in [0.4, 0.5) is 0 Å². The Morgan fingerprint density at radius 1 is 1.00 bits per heavy atom. The molecule has 0 aliphatic heterocycles. The van der Waals surface area contributed by atoms with Gasteiger partial charge in [-0.05, 0) is 35.3 Å². The highest BCUT2D eigenvalue weighted by Crippen LogP contribution is 2.38. The number of benzene rings is 2. The van der Waals surface area contributed by atoms with Crippen LogP contribution in [-0.4, -0.2) is 20.5 Å². The largest absolute Gasteiger partial charge is 0.496 e. The summed E-state index contributed by atoms with van der Waals surface area (Å²) < 4.78 is 11.9. The maximum atomic E-state index is 10.6. The van der Waals surface area contributed by atoms with Gasteiger partial charge in [-0.2, -0.15) is 0 Å². The third-order valence-corrected chi connectivity index (χ3v) is 9.62. The summed E-state index contributed by atoms with van der Waals surface area (Å²) in [5.74, 6) is 0.756. The van der Waals surface area contributed by atoms with Crippen LogP contribution in [0.15, 0.2) is 48.5 Å². The van der Waals surface area contributed by atoms with Gasteiger partial charge in [0.2, 0.25) is 0 Å². The minimum atomic E-state index is -1.82. The van der Waals surface area contributed by atoms with Gasteiger partial charge in [0.15, 0.2) is 8.32 Å². The Balaban J connectivity index is 2.20. The first-order valence-corrected chi connectivity index (χ1v) is 11.6. The average Bonchev–Trinajstić information content (AvgIpc) is 2.59. The average molecular weight is 359 g/mol. The van der Waals surface area contributed by atoms with Crippen molar-refractivity contribution in [2.75, 3.05) is 7.11 Å². The summed E-state index contributed by atoms with van der Waals surface area (Å²) in [6.07, 6.45) is -0.662. The molecule has 2 aromatic rings. The van der Waals surface area contributed by atoms with Crippen LogP contribution in [0.5, 0.6) is 5.75 Å². The summed E-state index contributed by atoms with van der Waals surface area (Å²) in [7, 11) is -0.160. The molecule has 3 nitrogen and oxygen atoms in total. The third kappa shape index (κ3) is 4.72. The second kappa shape index (κ2) is 7.73. The van der Waals surface area contributed by atoms with Gasteiger partial charge in [0.25, 0.3) is 0 Å². The van der Waals surface area contributed by atoms with Crippen molar-refractivity contribution in [1.29, 1.82) is 0 Å². The van der Waals surface area contributed by atoms with E-state index in [2.05, 4.69) is 33.9 Å². The van der Waals surface area contributed by atoms with Crippen LogP contribution in [0, 0.1) is 0 Å². The fraction of sp³-hybridized carbons (Fsp3) is 0.429. The molecular formula is C21H30O3Si. The highest BCUT2D eigenvalue weighted by molar-refractivity contribution is 6.74. The zero-order valence-electron chi connectivity index (χ0n) is 16.2. The number of hydrogen-bond donors (Lipinski definition) is 1. The molecule has 0 amide bonds. The van der Waals surface area contributed by atoms with Gasteiger partial charge in [-0.25, -0.2) is 0 Å². The molecule has 0 aliphatic carbocycles. The normalized spacial score (nSPS) is 13.6. The first-order chi connectivity index (χ1) is 11.7. The summed E-state index contributed by atoms with van der Waals surface area (Å²) >= 11 is 0. The molecule has 2 rings (SSSR count). The minimum Gasteiger partial charge on any atom is -0.496 e. The lowest BCUT2D eigenvalue weighted by atomic mass is 10.00. The quantitative estimate of drug-likeness (QED) is 0.712. The molecule has 1 unspecified atom stereocenters. The predicted molar refractivity (Wildman–Crippen MR) is 105 cm³/mol. The summed E-state index contributed by atoms with van der Waals surface area (Å²) in [6, 6.07) is 15.5. The number of methoxy groups -OCH3 is 1. The monoisotopic (exact) mass is 358 g/mol. The van der Waals surface area contributed by atoms with Gasteiger partial charge < -0.3 is 14.3 Å². The van der Waals surface area contributed by atoms with E-state index in [1.807, 2.05) is 48.5 Å². The topological polar surface area (TPSA) is 38.7 Å². The Labute approximate surface area is 152 Å². The van der Waals surface area contributed by atoms with Crippen molar-refractivity contribution in [2.45, 2.75) is 51.6 Å². The van der Waals surface area contributed by atoms with Crippen LogP contribution >= 0.6 is 0 Å². The van der Waals surface area contributed by atoms with Crippen molar-refractivity contribution in [3.8, 4) is 5.75 Å². The molecule has 136 valence electrons. The molecule has 0 radical (unpaired) electrons. The lowest BCUT2D eigenvalue weighted by molar-refractivity contribution is 0.219. The van der Waals surface area contributed by atoms with Crippen LogP contribution in [0.3, 0.4) is 0 Å². The molecule has 0 fully saturated rings. The summed E-state index contributed by atoms with van der Waals surface area (Å²) in [4.78, 5) is 0. The second-order valence-corrected chi connectivity index (χ2v) is 12.7. The standard InChI is InChI=1S/C21H30O3Si/c1-21(2,3)25(5,6)24-15-18-13-12-17(14-19(18)23-4)20(22)16-10-8-7-9-11-16/h7-14,20,22H,15H2,1-6H3. The molecule has 0 aromatic heterocycles. The summed E-state index contributed by atoms with van der Waals surface area (Å²) in [5, 5.41) is 10.8. The van der Waals surface area contributed by atoms with Crippen LogP contribution < -0.4 is 4.74 Å². The van der Waals surface area contributed by atoms with Gasteiger partial charge in [-0.1, -0.05) is 63.2 Å². The Kier molecular flexibility index (Phi) is 6.09. The van der Waals surface area contributed by atoms with Crippen LogP contribution in [-0.2, 0) is 11.0 Å². The van der Waals surface area contributed by atoms with E-state index in [1.165, 1.54) is 0 Å². The Hall–Kier alpha value is -1.62. The van der Waals surface area contributed by atoms with Gasteiger partial charge >= 0.3 is 0 Å². The van der Waals surface area contributed by atoms with Gasteiger partial charge in [0, 0.05) is 5.56 Å². The molecule has 0 spiro atoms. The molecule has 1 atom stereocenters. The van der Waals surface area contributed by atoms with Gasteiger partial charge in [0.1, 0.15) is 11.9 Å². The van der Waals surface area contributed by atoms with Crippen LogP contribution in [0.1, 0.15) is 43.6 Å². The maximum absolute atomic E-state index is 10.6. The minimum absolute atomic E-state index is 0.170. The molecule has 1 N–H and O–H groups in total. The molecule has 0 saturated carbocycles. The number of ether oxygens (including phenoxy) is 1. The molecule has 0 bridgehead atoms. The number of aliphatic hydroxyl groups is 1. The van der Waals surface area contributed by atoms with Crippen LogP contribution in [0.25, 0.3) is 0 Å². The maximum Gasteiger partial charge on any atom is 0.192 e. The number of aliphatic hydroxyl groups excluding tert-OH is 1. The smallest absolute Gasteiger partial charge is 0.192 e. The second-order valence-electron chi connectivity index (χ2n) is 7.93. The SMILES string of the molecule is COc1cc(C(O)c2ccccc2)ccc1CO[Si](C)(C)C(C)(C)C. The lowest BCUT2D eigenvalue weighted by Crippen LogP contribution is -2.40. The third-order valence-electron chi connectivity index (χ3n) is 5.14. The highest BCUT2D eigenvalue weighted by atomic mass is 28.4. The van der Waals surface area contributed by atoms with Crippen molar-refractivity contribution in [1.82, 2.24) is 0 Å². The number of hydrogen-bond acceptors (Lipinski definition) is 3. The van der Waals surface area contributed by atoms with E-state index in [4.69, 9.17) is 9.16 Å². The Bertz CT molecular complexity index is 690. The summed E-state index contributed by atoms with van der Waals surface area (Å²) in [5.41, 5.74) is 2.70. The molecule has 4 heteroatoms. The van der Waals surface area contributed by atoms with Gasteiger partial charge in [-0.15, -0.1) is 0 Å². The van der Waals surface area contributed by atoms with E-state index in [9.17, 15) is 5.11 Å². The Morgan fingerprint density at radius 2 is 1.64 bits per heavy atom. The van der Waals surface area contributed by atoms with E-state index in [0.29, 0.717) is 6.61 Å². The van der Waals surface area contributed by atoms with E-state index < -0.39 is 14.4 Å². The van der Waals surface area contributed by atoms with Crippen molar-refractivity contribution < 1.29 is 14.3 Å². The zero-order valence-corrected chi connectivity index (χ0v) is 17.2. The van der Waals surface area contributed by atoms with E-state index in [-0.39, 0.29) is 5.04 Å². The molecule has 0 aliphatic rings. The van der Waals surface area contributed by atoms with Crippen molar-refractivity contribution in [3.63, 3.8) is 0 Å². The van der Waals surface area contributed by atoms with E-state index in [1.54, 1.807) is 7.11 Å². The fourth-order valence-corrected chi connectivity index (χ4v) is 3.30. The molecule has 25 heavy (non-hydrogen) atoms.